The first-order valence-electron chi connectivity index (χ1n) is 5.00. The Morgan fingerprint density at radius 3 is 2.92 bits per heavy atom. The maximum Gasteiger partial charge on any atom is 0.148 e. The second-order valence-electron chi connectivity index (χ2n) is 4.13. The molecule has 0 unspecified atom stereocenters. The zero-order valence-electron chi connectivity index (χ0n) is 8.33. The molecular formula is C10H17N3. The fraction of sp³-hybridized carbons (Fsp3) is 0.700. The molecule has 1 aliphatic rings. The molecule has 0 spiro atoms. The number of hydrogen-bond acceptors (Lipinski definition) is 2. The zero-order valence-corrected chi connectivity index (χ0v) is 8.33. The van der Waals surface area contributed by atoms with Gasteiger partial charge in [-0.25, -0.2) is 0 Å². The van der Waals surface area contributed by atoms with E-state index < -0.39 is 0 Å². The Morgan fingerprint density at radius 1 is 1.54 bits per heavy atom. The van der Waals surface area contributed by atoms with Crippen molar-refractivity contribution in [2.75, 3.05) is 5.32 Å². The maximum atomic E-state index is 4.30. The molecule has 0 radical (unpaired) electrons. The van der Waals surface area contributed by atoms with Crippen molar-refractivity contribution < 1.29 is 0 Å². The van der Waals surface area contributed by atoms with Crippen molar-refractivity contribution in [3.8, 4) is 0 Å². The Kier molecular flexibility index (Phi) is 2.25. The van der Waals surface area contributed by atoms with E-state index in [1.807, 2.05) is 24.0 Å². The quantitative estimate of drug-likeness (QED) is 0.752. The molecule has 0 aliphatic heterocycles. The van der Waals surface area contributed by atoms with Gasteiger partial charge in [-0.2, -0.15) is 5.10 Å². The summed E-state index contributed by atoms with van der Waals surface area (Å²) in [5.41, 5.74) is 0. The third kappa shape index (κ3) is 2.02. The molecule has 0 amide bonds. The standard InChI is InChI=1S/C10H17N3/c1-8-3-4-9(7-8)11-10-5-6-13(2)12-10/h5-6,8-9H,3-4,7H2,1-2H3,(H,11,12)/t8-,9-/m1/s1. The van der Waals surface area contributed by atoms with Gasteiger partial charge in [0, 0.05) is 25.4 Å². The number of aromatic nitrogens is 2. The van der Waals surface area contributed by atoms with Crippen molar-refractivity contribution in [1.29, 1.82) is 0 Å². The highest BCUT2D eigenvalue weighted by Gasteiger charge is 2.21. The lowest BCUT2D eigenvalue weighted by Gasteiger charge is -2.10. The van der Waals surface area contributed by atoms with Crippen LogP contribution in [0.2, 0.25) is 0 Å². The highest BCUT2D eigenvalue weighted by atomic mass is 15.3. The van der Waals surface area contributed by atoms with Gasteiger partial charge < -0.3 is 5.32 Å². The van der Waals surface area contributed by atoms with Gasteiger partial charge in [-0.15, -0.1) is 0 Å². The molecule has 1 aromatic rings. The number of hydrogen-bond donors (Lipinski definition) is 1. The lowest BCUT2D eigenvalue weighted by Crippen LogP contribution is -2.15. The molecule has 72 valence electrons. The fourth-order valence-corrected chi connectivity index (χ4v) is 2.04. The second-order valence-corrected chi connectivity index (χ2v) is 4.13. The average molecular weight is 179 g/mol. The summed E-state index contributed by atoms with van der Waals surface area (Å²) in [5, 5.41) is 7.76. The normalized spacial score (nSPS) is 27.8. The van der Waals surface area contributed by atoms with Crippen LogP contribution in [0.3, 0.4) is 0 Å². The lowest BCUT2D eigenvalue weighted by atomic mass is 10.1. The SMILES string of the molecule is C[C@@H]1CC[C@@H](Nc2ccn(C)n2)C1. The molecule has 1 N–H and O–H groups in total. The Hall–Kier alpha value is -0.990. The fourth-order valence-electron chi connectivity index (χ4n) is 2.04. The molecule has 0 aromatic carbocycles. The molecule has 0 bridgehead atoms. The predicted molar refractivity (Wildman–Crippen MR) is 53.6 cm³/mol. The van der Waals surface area contributed by atoms with Gasteiger partial charge in [0.05, 0.1) is 0 Å². The summed E-state index contributed by atoms with van der Waals surface area (Å²) >= 11 is 0. The van der Waals surface area contributed by atoms with Crippen LogP contribution in [0.1, 0.15) is 26.2 Å². The number of nitrogens with one attached hydrogen (secondary N) is 1. The van der Waals surface area contributed by atoms with E-state index in [-0.39, 0.29) is 0 Å². The van der Waals surface area contributed by atoms with Crippen LogP contribution in [0.5, 0.6) is 0 Å². The van der Waals surface area contributed by atoms with Crippen molar-refractivity contribution in [2.24, 2.45) is 13.0 Å². The zero-order chi connectivity index (χ0) is 9.26. The molecule has 2 atom stereocenters. The van der Waals surface area contributed by atoms with E-state index in [0.29, 0.717) is 6.04 Å². The molecule has 1 heterocycles. The highest BCUT2D eigenvalue weighted by Crippen LogP contribution is 2.26. The first kappa shape index (κ1) is 8.60. The molecular weight excluding hydrogens is 162 g/mol. The monoisotopic (exact) mass is 179 g/mol. The van der Waals surface area contributed by atoms with Gasteiger partial charge in [-0.05, 0) is 25.2 Å². The van der Waals surface area contributed by atoms with Crippen molar-refractivity contribution in [1.82, 2.24) is 9.78 Å². The Balaban J connectivity index is 1.91. The van der Waals surface area contributed by atoms with Gasteiger partial charge in [-0.1, -0.05) is 6.92 Å². The van der Waals surface area contributed by atoms with E-state index in [1.165, 1.54) is 19.3 Å². The topological polar surface area (TPSA) is 29.9 Å². The molecule has 13 heavy (non-hydrogen) atoms. The third-order valence-corrected chi connectivity index (χ3v) is 2.76. The van der Waals surface area contributed by atoms with E-state index in [9.17, 15) is 0 Å². The summed E-state index contributed by atoms with van der Waals surface area (Å²) in [6.07, 6.45) is 5.90. The van der Waals surface area contributed by atoms with E-state index in [2.05, 4.69) is 17.3 Å². The summed E-state index contributed by atoms with van der Waals surface area (Å²) < 4.78 is 1.83. The minimum Gasteiger partial charge on any atom is -0.366 e. The molecule has 1 aromatic heterocycles. The van der Waals surface area contributed by atoms with Gasteiger partial charge in [0.2, 0.25) is 0 Å². The summed E-state index contributed by atoms with van der Waals surface area (Å²) in [6.45, 7) is 2.32. The molecule has 0 saturated heterocycles. The summed E-state index contributed by atoms with van der Waals surface area (Å²) in [5.74, 6) is 1.89. The largest absolute Gasteiger partial charge is 0.366 e. The highest BCUT2D eigenvalue weighted by molar-refractivity contribution is 5.33. The van der Waals surface area contributed by atoms with Crippen LogP contribution < -0.4 is 5.32 Å². The number of aryl methyl sites for hydroxylation is 1. The van der Waals surface area contributed by atoms with Gasteiger partial charge in [-0.3, -0.25) is 4.68 Å². The molecule has 2 rings (SSSR count). The summed E-state index contributed by atoms with van der Waals surface area (Å²) in [7, 11) is 1.95. The minimum absolute atomic E-state index is 0.643. The molecule has 1 saturated carbocycles. The lowest BCUT2D eigenvalue weighted by molar-refractivity contribution is 0.602. The van der Waals surface area contributed by atoms with E-state index >= 15 is 0 Å². The Morgan fingerprint density at radius 2 is 2.38 bits per heavy atom. The Bertz CT molecular complexity index is 279. The van der Waals surface area contributed by atoms with Crippen molar-refractivity contribution in [3.63, 3.8) is 0 Å². The van der Waals surface area contributed by atoms with Gasteiger partial charge in [0.25, 0.3) is 0 Å². The van der Waals surface area contributed by atoms with Crippen LogP contribution in [0.25, 0.3) is 0 Å². The number of anilines is 1. The smallest absolute Gasteiger partial charge is 0.148 e. The average Bonchev–Trinajstić information content (AvgIpc) is 2.62. The second kappa shape index (κ2) is 3.40. The third-order valence-electron chi connectivity index (χ3n) is 2.76. The Labute approximate surface area is 79.1 Å². The van der Waals surface area contributed by atoms with Crippen molar-refractivity contribution in [2.45, 2.75) is 32.2 Å². The summed E-state index contributed by atoms with van der Waals surface area (Å²) in [4.78, 5) is 0. The van der Waals surface area contributed by atoms with Crippen LogP contribution in [0.15, 0.2) is 12.3 Å². The molecule has 3 heteroatoms. The van der Waals surface area contributed by atoms with Gasteiger partial charge >= 0.3 is 0 Å². The van der Waals surface area contributed by atoms with Crippen LogP contribution in [0.4, 0.5) is 5.82 Å². The van der Waals surface area contributed by atoms with Crippen molar-refractivity contribution in [3.05, 3.63) is 12.3 Å². The molecule has 1 aliphatic carbocycles. The van der Waals surface area contributed by atoms with E-state index in [1.54, 1.807) is 0 Å². The predicted octanol–water partition coefficient (Wildman–Crippen LogP) is 2.02. The van der Waals surface area contributed by atoms with Gasteiger partial charge in [0.1, 0.15) is 5.82 Å². The van der Waals surface area contributed by atoms with Crippen molar-refractivity contribution >= 4 is 5.82 Å². The van der Waals surface area contributed by atoms with Crippen LogP contribution in [0, 0.1) is 5.92 Å². The van der Waals surface area contributed by atoms with Crippen LogP contribution in [-0.4, -0.2) is 15.8 Å². The summed E-state index contributed by atoms with van der Waals surface area (Å²) in [6, 6.07) is 2.67. The number of nitrogens with zero attached hydrogens (tertiary/aromatic N) is 2. The first-order valence-corrected chi connectivity index (χ1v) is 5.00. The maximum absolute atomic E-state index is 4.30. The van der Waals surface area contributed by atoms with Crippen LogP contribution >= 0.6 is 0 Å². The number of rotatable bonds is 2. The van der Waals surface area contributed by atoms with E-state index in [4.69, 9.17) is 0 Å². The van der Waals surface area contributed by atoms with Gasteiger partial charge in [0.15, 0.2) is 0 Å². The molecule has 3 nitrogen and oxygen atoms in total. The minimum atomic E-state index is 0.643. The van der Waals surface area contributed by atoms with E-state index in [0.717, 1.165) is 11.7 Å². The molecule has 1 fully saturated rings. The first-order chi connectivity index (χ1) is 6.24. The van der Waals surface area contributed by atoms with Crippen LogP contribution in [-0.2, 0) is 7.05 Å².